The molecule has 0 saturated heterocycles. The number of aliphatic imine (C=N–C) groups is 1. The molecule has 0 fully saturated rings. The predicted octanol–water partition coefficient (Wildman–Crippen LogP) is 4.00. The molecule has 4 N–H and O–H groups in total. The summed E-state index contributed by atoms with van der Waals surface area (Å²) in [5.74, 6) is 0.480. The number of guanidine groups is 1. The Balaban J connectivity index is 0.00000338. The third-order valence-electron chi connectivity index (χ3n) is 3.94. The first kappa shape index (κ1) is 22.4. The van der Waals surface area contributed by atoms with Crippen molar-refractivity contribution in [1.82, 2.24) is 5.32 Å². The molecule has 0 saturated carbocycles. The number of halogens is 1. The first-order chi connectivity index (χ1) is 12.1. The molecule has 2 aromatic rings. The van der Waals surface area contributed by atoms with E-state index < -0.39 is 0 Å². The number of amides is 1. The van der Waals surface area contributed by atoms with E-state index in [4.69, 9.17) is 5.73 Å². The van der Waals surface area contributed by atoms with Crippen LogP contribution in [0.15, 0.2) is 46.8 Å². The van der Waals surface area contributed by atoms with Gasteiger partial charge in [0, 0.05) is 23.0 Å². The smallest absolute Gasteiger partial charge is 0.227 e. The number of nitrogens with zero attached hydrogens (tertiary/aromatic N) is 1. The molecule has 1 atom stereocenters. The summed E-state index contributed by atoms with van der Waals surface area (Å²) in [6.07, 6.45) is 1.76. The van der Waals surface area contributed by atoms with Crippen LogP contribution in [0.3, 0.4) is 0 Å². The van der Waals surface area contributed by atoms with Gasteiger partial charge in [-0.2, -0.15) is 0 Å². The van der Waals surface area contributed by atoms with Crippen LogP contribution < -0.4 is 16.4 Å². The van der Waals surface area contributed by atoms with Crippen LogP contribution in [-0.4, -0.2) is 18.4 Å². The first-order valence-electron chi connectivity index (χ1n) is 8.54. The van der Waals surface area contributed by atoms with Crippen LogP contribution in [0.4, 0.5) is 5.69 Å². The van der Waals surface area contributed by atoms with Gasteiger partial charge in [0.05, 0.1) is 6.54 Å². The fourth-order valence-electron chi connectivity index (χ4n) is 2.20. The van der Waals surface area contributed by atoms with Crippen molar-refractivity contribution >= 4 is 52.9 Å². The molecule has 2 rings (SSSR count). The maximum absolute atomic E-state index is 12.0. The fraction of sp³-hybridized carbons (Fsp3) is 0.368. The molecule has 0 radical (unpaired) electrons. The highest BCUT2D eigenvalue weighted by atomic mass is 127. The number of anilines is 1. The van der Waals surface area contributed by atoms with Crippen molar-refractivity contribution in [2.75, 3.05) is 11.9 Å². The van der Waals surface area contributed by atoms with Crippen molar-refractivity contribution in [3.63, 3.8) is 0 Å². The molecule has 1 amide bonds. The van der Waals surface area contributed by atoms with Gasteiger partial charge in [0.2, 0.25) is 5.91 Å². The van der Waals surface area contributed by atoms with Gasteiger partial charge in [-0.15, -0.1) is 35.3 Å². The number of hydrogen-bond donors (Lipinski definition) is 3. The van der Waals surface area contributed by atoms with E-state index in [2.05, 4.69) is 27.1 Å². The van der Waals surface area contributed by atoms with Crippen molar-refractivity contribution in [1.29, 1.82) is 0 Å². The quantitative estimate of drug-likeness (QED) is 0.300. The molecule has 1 aromatic carbocycles. The van der Waals surface area contributed by atoms with Crippen molar-refractivity contribution in [2.24, 2.45) is 16.6 Å². The standard InChI is InChI=1S/C19H26N4OS.HI/c1-3-14(2)18(24)23-16-7-4-6-15(12-16)13-22-19(20)21-10-9-17-8-5-11-25-17;/h4-8,11-12,14H,3,9-10,13H2,1-2H3,(H,23,24)(H3,20,21,22);1H. The maximum atomic E-state index is 12.0. The van der Waals surface area contributed by atoms with Crippen LogP contribution in [0, 0.1) is 5.92 Å². The molecule has 0 bridgehead atoms. The lowest BCUT2D eigenvalue weighted by Crippen LogP contribution is -2.33. The summed E-state index contributed by atoms with van der Waals surface area (Å²) in [6, 6.07) is 11.9. The number of benzene rings is 1. The fourth-order valence-corrected chi connectivity index (χ4v) is 2.91. The Morgan fingerprint density at radius 2 is 2.12 bits per heavy atom. The molecule has 1 aromatic heterocycles. The summed E-state index contributed by atoms with van der Waals surface area (Å²) < 4.78 is 0. The molecule has 0 aliphatic heterocycles. The summed E-state index contributed by atoms with van der Waals surface area (Å²) in [4.78, 5) is 17.7. The van der Waals surface area contributed by atoms with E-state index in [1.807, 2.05) is 44.2 Å². The molecular formula is C19H27IN4OS. The minimum atomic E-state index is 0. The normalized spacial score (nSPS) is 12.2. The Kier molecular flexibility index (Phi) is 10.3. The summed E-state index contributed by atoms with van der Waals surface area (Å²) >= 11 is 1.74. The van der Waals surface area contributed by atoms with E-state index in [1.165, 1.54) is 4.88 Å². The van der Waals surface area contributed by atoms with Gasteiger partial charge >= 0.3 is 0 Å². The van der Waals surface area contributed by atoms with Gasteiger partial charge in [-0.1, -0.05) is 32.0 Å². The monoisotopic (exact) mass is 486 g/mol. The molecule has 26 heavy (non-hydrogen) atoms. The lowest BCUT2D eigenvalue weighted by molar-refractivity contribution is -0.119. The minimum Gasteiger partial charge on any atom is -0.370 e. The van der Waals surface area contributed by atoms with Gasteiger partial charge in [0.15, 0.2) is 5.96 Å². The van der Waals surface area contributed by atoms with Crippen LogP contribution in [-0.2, 0) is 17.8 Å². The Labute approximate surface area is 176 Å². The Morgan fingerprint density at radius 1 is 1.31 bits per heavy atom. The highest BCUT2D eigenvalue weighted by Gasteiger charge is 2.10. The summed E-state index contributed by atoms with van der Waals surface area (Å²) in [5, 5.41) is 8.13. The van der Waals surface area contributed by atoms with Crippen molar-refractivity contribution in [3.05, 3.63) is 52.2 Å². The maximum Gasteiger partial charge on any atom is 0.227 e. The van der Waals surface area contributed by atoms with Crippen LogP contribution in [0.2, 0.25) is 0 Å². The van der Waals surface area contributed by atoms with E-state index in [0.29, 0.717) is 12.5 Å². The predicted molar refractivity (Wildman–Crippen MR) is 121 cm³/mol. The highest BCUT2D eigenvalue weighted by Crippen LogP contribution is 2.14. The van der Waals surface area contributed by atoms with E-state index >= 15 is 0 Å². The Hall–Kier alpha value is -1.61. The number of thiophene rings is 1. The van der Waals surface area contributed by atoms with Crippen molar-refractivity contribution < 1.29 is 4.79 Å². The average Bonchev–Trinajstić information content (AvgIpc) is 3.13. The molecule has 7 heteroatoms. The molecule has 5 nitrogen and oxygen atoms in total. The average molecular weight is 486 g/mol. The van der Waals surface area contributed by atoms with Crippen molar-refractivity contribution in [3.8, 4) is 0 Å². The zero-order valence-electron chi connectivity index (χ0n) is 15.2. The first-order valence-corrected chi connectivity index (χ1v) is 9.42. The number of carbonyl (C=O) groups excluding carboxylic acids is 1. The third-order valence-corrected chi connectivity index (χ3v) is 4.88. The molecule has 0 aliphatic carbocycles. The second-order valence-electron chi connectivity index (χ2n) is 5.96. The molecule has 142 valence electrons. The minimum absolute atomic E-state index is 0. The largest absolute Gasteiger partial charge is 0.370 e. The zero-order valence-corrected chi connectivity index (χ0v) is 18.3. The Morgan fingerprint density at radius 3 is 2.81 bits per heavy atom. The summed E-state index contributed by atoms with van der Waals surface area (Å²) in [5.41, 5.74) is 7.71. The van der Waals surface area contributed by atoms with Crippen LogP contribution in [0.1, 0.15) is 30.7 Å². The van der Waals surface area contributed by atoms with Gasteiger partial charge < -0.3 is 16.4 Å². The second kappa shape index (κ2) is 11.9. The van der Waals surface area contributed by atoms with Gasteiger partial charge in [-0.3, -0.25) is 4.79 Å². The lowest BCUT2D eigenvalue weighted by Gasteiger charge is -2.11. The molecular weight excluding hydrogens is 459 g/mol. The van der Waals surface area contributed by atoms with E-state index in [9.17, 15) is 4.79 Å². The lowest BCUT2D eigenvalue weighted by atomic mass is 10.1. The molecule has 1 heterocycles. The summed E-state index contributed by atoms with van der Waals surface area (Å²) in [6.45, 7) is 5.17. The van der Waals surface area contributed by atoms with E-state index in [-0.39, 0.29) is 35.8 Å². The van der Waals surface area contributed by atoms with Crippen LogP contribution in [0.5, 0.6) is 0 Å². The zero-order chi connectivity index (χ0) is 18.1. The highest BCUT2D eigenvalue weighted by molar-refractivity contribution is 14.0. The molecule has 0 aliphatic rings. The van der Waals surface area contributed by atoms with Gasteiger partial charge in [-0.25, -0.2) is 4.99 Å². The second-order valence-corrected chi connectivity index (χ2v) is 6.99. The molecule has 1 unspecified atom stereocenters. The number of rotatable bonds is 8. The molecule has 0 spiro atoms. The third kappa shape index (κ3) is 7.74. The van der Waals surface area contributed by atoms with Crippen LogP contribution in [0.25, 0.3) is 0 Å². The van der Waals surface area contributed by atoms with Crippen LogP contribution >= 0.6 is 35.3 Å². The van der Waals surface area contributed by atoms with E-state index in [0.717, 1.165) is 30.6 Å². The SMILES string of the molecule is CCC(C)C(=O)Nc1cccc(CN=C(N)NCCc2cccs2)c1.I. The topological polar surface area (TPSA) is 79.5 Å². The van der Waals surface area contributed by atoms with Gasteiger partial charge in [0.1, 0.15) is 0 Å². The van der Waals surface area contributed by atoms with Crippen molar-refractivity contribution in [2.45, 2.75) is 33.2 Å². The van der Waals surface area contributed by atoms with Gasteiger partial charge in [0.25, 0.3) is 0 Å². The number of nitrogens with two attached hydrogens (primary N) is 1. The van der Waals surface area contributed by atoms with E-state index in [1.54, 1.807) is 11.3 Å². The number of carbonyl (C=O) groups is 1. The van der Waals surface area contributed by atoms with Gasteiger partial charge in [-0.05, 0) is 42.0 Å². The summed E-state index contributed by atoms with van der Waals surface area (Å²) in [7, 11) is 0. The Bertz CT molecular complexity index is 703. The number of nitrogens with one attached hydrogen (secondary N) is 2. The number of hydrogen-bond acceptors (Lipinski definition) is 3.